The van der Waals surface area contributed by atoms with E-state index in [4.69, 9.17) is 14.3 Å². The number of nitrogens with one attached hydrogen (secondary N) is 1. The number of hydrogen-bond donors (Lipinski definition) is 2. The summed E-state index contributed by atoms with van der Waals surface area (Å²) in [7, 11) is -3.48. The Bertz CT molecular complexity index is 1370. The first-order chi connectivity index (χ1) is 16.1. The molecule has 3 rings (SSSR count). The number of nitrogens with zero attached hydrogens (tertiary/aromatic N) is 2. The summed E-state index contributed by atoms with van der Waals surface area (Å²) < 4.78 is 79.5. The molecule has 0 radical (unpaired) electrons. The average molecular weight is 499 g/mol. The Morgan fingerprint density at radius 2 is 2.03 bits per heavy atom. The second-order valence-electron chi connectivity index (χ2n) is 6.52. The van der Waals surface area contributed by atoms with Gasteiger partial charge in [0, 0.05) is 24.5 Å². The molecule has 1 unspecified atom stereocenters. The smallest absolute Gasteiger partial charge is 0.332 e. The summed E-state index contributed by atoms with van der Waals surface area (Å²) >= 11 is 0. The quantitative estimate of drug-likeness (QED) is 0.197. The molecule has 3 aromatic rings. The fraction of sp³-hybridized carbons (Fsp3) is 0.150. The lowest BCUT2D eigenvalue weighted by molar-refractivity contribution is -0.145. The summed E-state index contributed by atoms with van der Waals surface area (Å²) in [6, 6.07) is 4.31. The van der Waals surface area contributed by atoms with Crippen LogP contribution in [0.25, 0.3) is 11.3 Å². The van der Waals surface area contributed by atoms with Gasteiger partial charge in [0.2, 0.25) is 11.0 Å². The van der Waals surface area contributed by atoms with Crippen LogP contribution < -0.4 is 5.32 Å². The number of furan rings is 1. The molecular weight excluding hydrogens is 483 g/mol. The topological polar surface area (TPSA) is 141 Å². The normalized spacial score (nSPS) is 12.7. The molecule has 0 saturated heterocycles. The fourth-order valence-corrected chi connectivity index (χ4v) is 4.21. The van der Waals surface area contributed by atoms with E-state index in [1.54, 1.807) is 0 Å². The maximum absolute atomic E-state index is 15.6. The Morgan fingerprint density at radius 3 is 2.62 bits per heavy atom. The summed E-state index contributed by atoms with van der Waals surface area (Å²) in [5.74, 6) is -5.44. The van der Waals surface area contributed by atoms with E-state index in [-0.39, 0.29) is 5.76 Å². The van der Waals surface area contributed by atoms with Crippen molar-refractivity contribution < 1.29 is 45.4 Å². The van der Waals surface area contributed by atoms with E-state index in [0.29, 0.717) is 16.1 Å². The minimum atomic E-state index is -4.73. The molecule has 0 fully saturated rings. The highest BCUT2D eigenvalue weighted by Crippen LogP contribution is 2.35. The number of aliphatic carboxylic acids is 1. The average Bonchev–Trinajstić information content (AvgIpc) is 3.42. The number of carbonyl (C=O) groups is 2. The number of carboxylic acid groups (broad SMARTS) is 1. The van der Waals surface area contributed by atoms with E-state index in [0.717, 1.165) is 30.6 Å². The number of hydrogen-bond acceptors (Lipinski definition) is 8. The summed E-state index contributed by atoms with van der Waals surface area (Å²) in [4.78, 5) is 25.9. The molecule has 0 spiro atoms. The van der Waals surface area contributed by atoms with Crippen LogP contribution in [0.3, 0.4) is 0 Å². The Hall–Kier alpha value is -3.91. The minimum absolute atomic E-state index is 0.312. The van der Waals surface area contributed by atoms with Gasteiger partial charge in [-0.3, -0.25) is 5.32 Å². The highest BCUT2D eigenvalue weighted by Gasteiger charge is 2.33. The lowest BCUT2D eigenvalue weighted by Gasteiger charge is -2.15. The van der Waals surface area contributed by atoms with Gasteiger partial charge in [-0.25, -0.2) is 27.3 Å². The van der Waals surface area contributed by atoms with E-state index >= 15 is 4.39 Å². The molecule has 0 amide bonds. The third kappa shape index (κ3) is 4.87. The van der Waals surface area contributed by atoms with Crippen LogP contribution in [0, 0.1) is 11.8 Å². The third-order valence-electron chi connectivity index (χ3n) is 4.37. The standard InChI is InChI=1S/C20H16F3N3O7S/c1-24-20(33-15(29)6-5-14(27)28)13-10-26(34(30,31)16-7-4-11(9-21)32-16)18(17(13)22)12-3-2-8-25-19(12)23/h2-8,10,20,24H,9H2,1H3,(H,27,28)/b6-5+. The van der Waals surface area contributed by atoms with Crippen LogP contribution in [0.4, 0.5) is 13.2 Å². The van der Waals surface area contributed by atoms with E-state index < -0.39 is 68.5 Å². The van der Waals surface area contributed by atoms with Crippen LogP contribution in [0.15, 0.2) is 58.3 Å². The molecule has 0 aliphatic heterocycles. The van der Waals surface area contributed by atoms with E-state index in [9.17, 15) is 26.8 Å². The predicted molar refractivity (Wildman–Crippen MR) is 108 cm³/mol. The zero-order valence-electron chi connectivity index (χ0n) is 17.2. The van der Waals surface area contributed by atoms with Gasteiger partial charge in [-0.1, -0.05) is 0 Å². The van der Waals surface area contributed by atoms with Crippen molar-refractivity contribution in [2.45, 2.75) is 18.0 Å². The van der Waals surface area contributed by atoms with Gasteiger partial charge in [0.25, 0.3) is 0 Å². The van der Waals surface area contributed by atoms with Gasteiger partial charge in [-0.15, -0.1) is 0 Å². The van der Waals surface area contributed by atoms with Gasteiger partial charge in [-0.2, -0.15) is 12.8 Å². The number of carboxylic acids is 1. The summed E-state index contributed by atoms with van der Waals surface area (Å²) in [5, 5.41) is 10.3. The molecule has 0 saturated carbocycles. The summed E-state index contributed by atoms with van der Waals surface area (Å²) in [5.41, 5.74) is -1.88. The number of pyridine rings is 1. The molecule has 14 heteroatoms. The third-order valence-corrected chi connectivity index (χ3v) is 5.91. The lowest BCUT2D eigenvalue weighted by atomic mass is 10.1. The van der Waals surface area contributed by atoms with Gasteiger partial charge >= 0.3 is 22.0 Å². The number of rotatable bonds is 9. The van der Waals surface area contributed by atoms with Crippen molar-refractivity contribution in [1.29, 1.82) is 0 Å². The van der Waals surface area contributed by atoms with Crippen LogP contribution in [0.1, 0.15) is 17.6 Å². The molecular formula is C20H16F3N3O7S. The second-order valence-corrected chi connectivity index (χ2v) is 8.27. The number of esters is 1. The maximum Gasteiger partial charge on any atom is 0.332 e. The van der Waals surface area contributed by atoms with Gasteiger partial charge in [0.15, 0.2) is 12.0 Å². The molecule has 0 aromatic carbocycles. The van der Waals surface area contributed by atoms with E-state index in [1.165, 1.54) is 13.1 Å². The predicted octanol–water partition coefficient (Wildman–Crippen LogP) is 2.53. The molecule has 0 bridgehead atoms. The fourth-order valence-electron chi connectivity index (χ4n) is 2.89. The first-order valence-electron chi connectivity index (χ1n) is 9.31. The van der Waals surface area contributed by atoms with Gasteiger partial charge in [0.1, 0.15) is 18.1 Å². The van der Waals surface area contributed by atoms with Crippen LogP contribution in [-0.2, 0) is 31.0 Å². The zero-order valence-corrected chi connectivity index (χ0v) is 18.1. The number of carbonyl (C=O) groups excluding carboxylic acids is 1. The Kier molecular flexibility index (Phi) is 7.22. The molecule has 2 N–H and O–H groups in total. The SMILES string of the molecule is CNC(OC(=O)/C=C/C(=O)O)c1cn(S(=O)(=O)c2ccc(CF)o2)c(-c2cccnc2F)c1F. The summed E-state index contributed by atoms with van der Waals surface area (Å²) in [6.45, 7) is -1.10. The van der Waals surface area contributed by atoms with Crippen molar-refractivity contribution in [3.05, 3.63) is 71.9 Å². The van der Waals surface area contributed by atoms with Crippen molar-refractivity contribution in [2.75, 3.05) is 7.05 Å². The second kappa shape index (κ2) is 9.93. The van der Waals surface area contributed by atoms with Crippen LogP contribution in [-0.4, -0.2) is 41.5 Å². The molecule has 1 atom stereocenters. The number of ether oxygens (including phenoxy) is 1. The first-order valence-corrected chi connectivity index (χ1v) is 10.7. The van der Waals surface area contributed by atoms with Crippen LogP contribution in [0.5, 0.6) is 0 Å². The molecule has 10 nitrogen and oxygen atoms in total. The van der Waals surface area contributed by atoms with Crippen molar-refractivity contribution >= 4 is 22.0 Å². The number of halogens is 3. The first kappa shape index (κ1) is 24.7. The highest BCUT2D eigenvalue weighted by molar-refractivity contribution is 7.89. The molecule has 3 aromatic heterocycles. The van der Waals surface area contributed by atoms with Gasteiger partial charge < -0.3 is 14.3 Å². The van der Waals surface area contributed by atoms with Gasteiger partial charge in [-0.05, 0) is 31.3 Å². The van der Waals surface area contributed by atoms with Gasteiger partial charge in [0.05, 0.1) is 11.1 Å². The zero-order chi connectivity index (χ0) is 25.0. The maximum atomic E-state index is 15.6. The largest absolute Gasteiger partial charge is 0.478 e. The lowest BCUT2D eigenvalue weighted by Crippen LogP contribution is -2.23. The molecule has 180 valence electrons. The Labute approximate surface area is 190 Å². The minimum Gasteiger partial charge on any atom is -0.478 e. The monoisotopic (exact) mass is 499 g/mol. The Morgan fingerprint density at radius 1 is 1.29 bits per heavy atom. The Balaban J connectivity index is 2.19. The summed E-state index contributed by atoms with van der Waals surface area (Å²) in [6.07, 6.45) is 1.21. The highest BCUT2D eigenvalue weighted by atomic mass is 32.2. The van der Waals surface area contributed by atoms with Crippen molar-refractivity contribution in [3.63, 3.8) is 0 Å². The van der Waals surface area contributed by atoms with E-state index in [2.05, 4.69) is 10.3 Å². The van der Waals surface area contributed by atoms with Crippen molar-refractivity contribution in [3.8, 4) is 11.3 Å². The number of alkyl halides is 1. The number of aromatic nitrogens is 2. The van der Waals surface area contributed by atoms with Crippen molar-refractivity contribution in [2.24, 2.45) is 0 Å². The van der Waals surface area contributed by atoms with E-state index in [1.807, 2.05) is 0 Å². The van der Waals surface area contributed by atoms with Crippen molar-refractivity contribution in [1.82, 2.24) is 14.3 Å². The van der Waals surface area contributed by atoms with Crippen LogP contribution >= 0.6 is 0 Å². The molecule has 3 heterocycles. The van der Waals surface area contributed by atoms with Crippen LogP contribution in [0.2, 0.25) is 0 Å². The molecule has 0 aliphatic rings. The molecule has 34 heavy (non-hydrogen) atoms. The molecule has 0 aliphatic carbocycles.